The van der Waals surface area contributed by atoms with Gasteiger partial charge in [-0.1, -0.05) is 32.0 Å². The number of nitrogens with zero attached hydrogens (tertiary/aromatic N) is 1. The molecule has 0 aliphatic carbocycles. The quantitative estimate of drug-likeness (QED) is 0.884. The lowest BCUT2D eigenvalue weighted by atomic mass is 10.0. The number of hydrogen-bond donors (Lipinski definition) is 2. The third-order valence-corrected chi connectivity index (χ3v) is 4.45. The number of hydrogen-bond acceptors (Lipinski definition) is 3. The number of likely N-dealkylation sites (tertiary alicyclic amines) is 1. The van der Waals surface area contributed by atoms with Gasteiger partial charge in [0.05, 0.1) is 6.54 Å². The highest BCUT2D eigenvalue weighted by Gasteiger charge is 2.20. The fourth-order valence-electron chi connectivity index (χ4n) is 3.30. The van der Waals surface area contributed by atoms with Gasteiger partial charge in [0, 0.05) is 31.1 Å². The SMILES string of the molecule is CC(C)CN1CCC(NC(=O)NCc2cc3ccccc3o2)CC1. The zero-order valence-corrected chi connectivity index (χ0v) is 14.5. The van der Waals surface area contributed by atoms with E-state index in [4.69, 9.17) is 4.42 Å². The number of para-hydroxylation sites is 1. The minimum absolute atomic E-state index is 0.113. The maximum atomic E-state index is 12.1. The zero-order chi connectivity index (χ0) is 16.9. The summed E-state index contributed by atoms with van der Waals surface area (Å²) in [7, 11) is 0. The van der Waals surface area contributed by atoms with E-state index in [1.165, 1.54) is 0 Å². The van der Waals surface area contributed by atoms with Gasteiger partial charge in [-0.05, 0) is 30.9 Å². The van der Waals surface area contributed by atoms with E-state index in [0.29, 0.717) is 12.5 Å². The Labute approximate surface area is 143 Å². The number of carbonyl (C=O) groups excluding carboxylic acids is 1. The summed E-state index contributed by atoms with van der Waals surface area (Å²) in [6.07, 6.45) is 2.04. The lowest BCUT2D eigenvalue weighted by Gasteiger charge is -2.33. The first-order valence-corrected chi connectivity index (χ1v) is 8.84. The maximum absolute atomic E-state index is 12.1. The minimum Gasteiger partial charge on any atom is -0.459 e. The van der Waals surface area contributed by atoms with Crippen LogP contribution in [0.5, 0.6) is 0 Å². The standard InChI is InChI=1S/C19H27N3O2/c1-14(2)13-22-9-7-16(8-10-22)21-19(23)20-12-17-11-15-5-3-4-6-18(15)24-17/h3-6,11,14,16H,7-10,12-13H2,1-2H3,(H2,20,21,23). The Morgan fingerprint density at radius 3 is 2.75 bits per heavy atom. The van der Waals surface area contributed by atoms with Gasteiger partial charge in [0.1, 0.15) is 11.3 Å². The van der Waals surface area contributed by atoms with Crippen molar-refractivity contribution in [2.45, 2.75) is 39.3 Å². The van der Waals surface area contributed by atoms with Gasteiger partial charge < -0.3 is 20.0 Å². The Hall–Kier alpha value is -2.01. The van der Waals surface area contributed by atoms with E-state index in [1.54, 1.807) is 0 Å². The van der Waals surface area contributed by atoms with Crippen molar-refractivity contribution >= 4 is 17.0 Å². The number of carbonyl (C=O) groups is 1. The van der Waals surface area contributed by atoms with Crippen molar-refractivity contribution in [3.05, 3.63) is 36.1 Å². The maximum Gasteiger partial charge on any atom is 0.315 e. The highest BCUT2D eigenvalue weighted by molar-refractivity contribution is 5.78. The molecule has 3 rings (SSSR count). The molecule has 5 heteroatoms. The van der Waals surface area contributed by atoms with Crippen LogP contribution in [0.25, 0.3) is 11.0 Å². The smallest absolute Gasteiger partial charge is 0.315 e. The van der Waals surface area contributed by atoms with Crippen LogP contribution in [0.1, 0.15) is 32.4 Å². The van der Waals surface area contributed by atoms with Gasteiger partial charge in [0.15, 0.2) is 0 Å². The first-order chi connectivity index (χ1) is 11.6. The molecule has 1 fully saturated rings. The van der Waals surface area contributed by atoms with Crippen molar-refractivity contribution in [1.29, 1.82) is 0 Å². The lowest BCUT2D eigenvalue weighted by molar-refractivity contribution is 0.177. The Morgan fingerprint density at radius 1 is 1.29 bits per heavy atom. The molecule has 0 atom stereocenters. The van der Waals surface area contributed by atoms with Crippen LogP contribution in [-0.4, -0.2) is 36.6 Å². The molecule has 24 heavy (non-hydrogen) atoms. The van der Waals surface area contributed by atoms with Gasteiger partial charge in [0.25, 0.3) is 0 Å². The van der Waals surface area contributed by atoms with Crippen LogP contribution in [0.15, 0.2) is 34.7 Å². The second-order valence-electron chi connectivity index (χ2n) is 7.05. The Kier molecular flexibility index (Phi) is 5.41. The van der Waals surface area contributed by atoms with E-state index >= 15 is 0 Å². The molecular weight excluding hydrogens is 302 g/mol. The van der Waals surface area contributed by atoms with Gasteiger partial charge >= 0.3 is 6.03 Å². The van der Waals surface area contributed by atoms with Crippen LogP contribution in [0.3, 0.4) is 0 Å². The van der Waals surface area contributed by atoms with Crippen molar-refractivity contribution in [2.75, 3.05) is 19.6 Å². The summed E-state index contributed by atoms with van der Waals surface area (Å²) >= 11 is 0. The van der Waals surface area contributed by atoms with E-state index in [2.05, 4.69) is 29.4 Å². The number of amides is 2. The van der Waals surface area contributed by atoms with E-state index in [1.807, 2.05) is 30.3 Å². The number of rotatable bonds is 5. The molecule has 0 unspecified atom stereocenters. The third kappa shape index (κ3) is 4.51. The second kappa shape index (κ2) is 7.71. The fourth-order valence-corrected chi connectivity index (χ4v) is 3.30. The van der Waals surface area contributed by atoms with Crippen molar-refractivity contribution < 1.29 is 9.21 Å². The average Bonchev–Trinajstić information content (AvgIpc) is 2.97. The summed E-state index contributed by atoms with van der Waals surface area (Å²) in [5.74, 6) is 1.47. The van der Waals surface area contributed by atoms with Gasteiger partial charge in [0.2, 0.25) is 0 Å². The molecule has 0 radical (unpaired) electrons. The van der Waals surface area contributed by atoms with E-state index < -0.39 is 0 Å². The highest BCUT2D eigenvalue weighted by atomic mass is 16.3. The first kappa shape index (κ1) is 16.8. The largest absolute Gasteiger partial charge is 0.459 e. The number of piperidine rings is 1. The van der Waals surface area contributed by atoms with E-state index in [0.717, 1.165) is 49.2 Å². The molecule has 1 saturated heterocycles. The van der Waals surface area contributed by atoms with Crippen LogP contribution in [0.4, 0.5) is 4.79 Å². The normalized spacial score (nSPS) is 16.6. The summed E-state index contributed by atoms with van der Waals surface area (Å²) in [4.78, 5) is 14.6. The summed E-state index contributed by atoms with van der Waals surface area (Å²) in [5, 5.41) is 7.03. The van der Waals surface area contributed by atoms with Crippen molar-refractivity contribution in [3.63, 3.8) is 0 Å². The van der Waals surface area contributed by atoms with Crippen LogP contribution in [-0.2, 0) is 6.54 Å². The third-order valence-electron chi connectivity index (χ3n) is 4.45. The van der Waals surface area contributed by atoms with Crippen LogP contribution >= 0.6 is 0 Å². The lowest BCUT2D eigenvalue weighted by Crippen LogP contribution is -2.48. The molecule has 0 bridgehead atoms. The zero-order valence-electron chi connectivity index (χ0n) is 14.5. The van der Waals surface area contributed by atoms with Gasteiger partial charge in [-0.2, -0.15) is 0 Å². The van der Waals surface area contributed by atoms with Crippen molar-refractivity contribution in [1.82, 2.24) is 15.5 Å². The summed E-state index contributed by atoms with van der Waals surface area (Å²) in [5.41, 5.74) is 0.854. The molecule has 1 aromatic heterocycles. The van der Waals surface area contributed by atoms with Crippen LogP contribution < -0.4 is 10.6 Å². The molecular formula is C19H27N3O2. The molecule has 1 aromatic carbocycles. The Balaban J connectivity index is 1.41. The molecule has 2 aromatic rings. The first-order valence-electron chi connectivity index (χ1n) is 8.84. The number of benzene rings is 1. The van der Waals surface area contributed by atoms with E-state index in [-0.39, 0.29) is 12.1 Å². The predicted molar refractivity (Wildman–Crippen MR) is 95.9 cm³/mol. The molecule has 2 N–H and O–H groups in total. The van der Waals surface area contributed by atoms with Crippen LogP contribution in [0, 0.1) is 5.92 Å². The molecule has 0 spiro atoms. The van der Waals surface area contributed by atoms with E-state index in [9.17, 15) is 4.79 Å². The summed E-state index contributed by atoms with van der Waals surface area (Å²) < 4.78 is 5.71. The average molecular weight is 329 g/mol. The topological polar surface area (TPSA) is 57.5 Å². The number of nitrogens with one attached hydrogen (secondary N) is 2. The summed E-state index contributed by atoms with van der Waals surface area (Å²) in [6.45, 7) is 8.17. The van der Waals surface area contributed by atoms with Gasteiger partial charge in [-0.25, -0.2) is 4.79 Å². The molecule has 1 aliphatic heterocycles. The Bertz CT molecular complexity index is 639. The van der Waals surface area contributed by atoms with Crippen LogP contribution in [0.2, 0.25) is 0 Å². The predicted octanol–water partition coefficient (Wildman–Crippen LogP) is 3.35. The molecule has 1 aliphatic rings. The van der Waals surface area contributed by atoms with Gasteiger partial charge in [-0.15, -0.1) is 0 Å². The number of urea groups is 1. The minimum atomic E-state index is -0.113. The molecule has 130 valence electrons. The molecule has 2 amide bonds. The Morgan fingerprint density at radius 2 is 2.04 bits per heavy atom. The summed E-state index contributed by atoms with van der Waals surface area (Å²) in [6, 6.07) is 9.99. The molecule has 5 nitrogen and oxygen atoms in total. The van der Waals surface area contributed by atoms with Gasteiger partial charge in [-0.3, -0.25) is 0 Å². The number of furan rings is 1. The second-order valence-corrected chi connectivity index (χ2v) is 7.05. The molecule has 0 saturated carbocycles. The molecule has 2 heterocycles. The monoisotopic (exact) mass is 329 g/mol. The van der Waals surface area contributed by atoms with Crippen molar-refractivity contribution in [2.24, 2.45) is 5.92 Å². The van der Waals surface area contributed by atoms with Crippen molar-refractivity contribution in [3.8, 4) is 0 Å². The number of fused-ring (bicyclic) bond motifs is 1. The highest BCUT2D eigenvalue weighted by Crippen LogP contribution is 2.18. The fraction of sp³-hybridized carbons (Fsp3) is 0.526.